The first-order valence-electron chi connectivity index (χ1n) is 7.08. The molecule has 1 aliphatic rings. The number of carbonyl (C=O) groups excluding carboxylic acids is 2. The van der Waals surface area contributed by atoms with E-state index in [9.17, 15) is 14.9 Å². The number of hydrogen-bond acceptors (Lipinski definition) is 5. The Kier molecular flexibility index (Phi) is 4.57. The Morgan fingerprint density at radius 1 is 1.00 bits per heavy atom. The second kappa shape index (κ2) is 5.55. The Bertz CT molecular complexity index is 434. The predicted octanol–water partition coefficient (Wildman–Crippen LogP) is 3.60. The highest BCUT2D eigenvalue weighted by Crippen LogP contribution is 2.38. The highest BCUT2D eigenvalue weighted by molar-refractivity contribution is 5.90. The second-order valence-electron chi connectivity index (χ2n) is 7.29. The molecule has 1 rings (SSSR count). The van der Waals surface area contributed by atoms with Gasteiger partial charge < -0.3 is 9.47 Å². The van der Waals surface area contributed by atoms with E-state index >= 15 is 0 Å². The first-order chi connectivity index (χ1) is 9.40. The average Bonchev–Trinajstić information content (AvgIpc) is 2.17. The van der Waals surface area contributed by atoms with Crippen molar-refractivity contribution < 1.29 is 19.1 Å². The van der Waals surface area contributed by atoms with Gasteiger partial charge in [-0.3, -0.25) is 0 Å². The third-order valence-corrected chi connectivity index (χ3v) is 2.97. The summed E-state index contributed by atoms with van der Waals surface area (Å²) >= 11 is 0. The van der Waals surface area contributed by atoms with Crippen LogP contribution in [0.15, 0.2) is 0 Å². The van der Waals surface area contributed by atoms with Crippen LogP contribution >= 0.6 is 0 Å². The maximum atomic E-state index is 12.3. The summed E-state index contributed by atoms with van der Waals surface area (Å²) in [5.74, 6) is 0. The van der Waals surface area contributed by atoms with Gasteiger partial charge in [0.25, 0.3) is 0 Å². The molecule has 0 aromatic rings. The Hall–Kier alpha value is -1.77. The van der Waals surface area contributed by atoms with Gasteiger partial charge in [0.2, 0.25) is 0 Å². The van der Waals surface area contributed by atoms with E-state index in [2.05, 4.69) is 6.07 Å². The van der Waals surface area contributed by atoms with Crippen LogP contribution in [0.5, 0.6) is 0 Å². The number of hydrogen-bond donors (Lipinski definition) is 0. The van der Waals surface area contributed by atoms with Crippen LogP contribution in [-0.4, -0.2) is 33.8 Å². The minimum absolute atomic E-state index is 0.446. The summed E-state index contributed by atoms with van der Waals surface area (Å²) < 4.78 is 10.5. The van der Waals surface area contributed by atoms with E-state index in [1.54, 1.807) is 41.5 Å². The molecule has 0 spiro atoms. The first kappa shape index (κ1) is 17.3. The lowest BCUT2D eigenvalue weighted by Crippen LogP contribution is -2.59. The summed E-state index contributed by atoms with van der Waals surface area (Å²) in [4.78, 5) is 25.5. The maximum absolute atomic E-state index is 12.3. The van der Waals surface area contributed by atoms with E-state index in [1.807, 2.05) is 0 Å². The molecule has 0 unspecified atom stereocenters. The number of amides is 2. The van der Waals surface area contributed by atoms with E-state index in [1.165, 1.54) is 0 Å². The number of imide groups is 1. The largest absolute Gasteiger partial charge is 0.443 e. The quantitative estimate of drug-likeness (QED) is 0.738. The summed E-state index contributed by atoms with van der Waals surface area (Å²) in [5, 5.41) is 9.39. The van der Waals surface area contributed by atoms with E-state index in [4.69, 9.17) is 9.47 Å². The average molecular weight is 296 g/mol. The Morgan fingerprint density at radius 3 is 1.57 bits per heavy atom. The lowest BCUT2D eigenvalue weighted by atomic mass is 9.77. The number of nitrogens with zero attached hydrogens (tertiary/aromatic N) is 2. The van der Waals surface area contributed by atoms with Gasteiger partial charge in [0.1, 0.15) is 16.7 Å². The summed E-state index contributed by atoms with van der Waals surface area (Å²) in [5.41, 5.74) is -2.65. The van der Waals surface area contributed by atoms with Gasteiger partial charge in [-0.1, -0.05) is 0 Å². The zero-order chi connectivity index (χ0) is 16.5. The molecule has 1 aliphatic carbocycles. The van der Waals surface area contributed by atoms with Crippen molar-refractivity contribution in [3.63, 3.8) is 0 Å². The summed E-state index contributed by atoms with van der Waals surface area (Å²) in [6.07, 6.45) is 0.00982. The Labute approximate surface area is 126 Å². The molecule has 0 radical (unpaired) electrons. The SMILES string of the molecule is CC(C)(C)OC(=O)N(C(=O)OC(C)(C)C)C1(C#N)CCC1. The van der Waals surface area contributed by atoms with Crippen LogP contribution in [0, 0.1) is 11.3 Å². The molecule has 0 aromatic heterocycles. The molecule has 0 heterocycles. The van der Waals surface area contributed by atoms with E-state index < -0.39 is 28.9 Å². The van der Waals surface area contributed by atoms with Gasteiger partial charge in [0.15, 0.2) is 0 Å². The van der Waals surface area contributed by atoms with Crippen molar-refractivity contribution in [1.82, 2.24) is 4.90 Å². The molecule has 0 atom stereocenters. The molecule has 2 amide bonds. The topological polar surface area (TPSA) is 79.6 Å². The fourth-order valence-corrected chi connectivity index (χ4v) is 1.94. The van der Waals surface area contributed by atoms with E-state index in [-0.39, 0.29) is 0 Å². The van der Waals surface area contributed by atoms with Gasteiger partial charge in [0, 0.05) is 0 Å². The zero-order valence-electron chi connectivity index (χ0n) is 13.6. The standard InChI is InChI=1S/C15H24N2O4/c1-13(2,3)20-11(18)17(12(19)21-14(4,5)6)15(10-16)8-7-9-15/h7-9H2,1-6H3. The van der Waals surface area contributed by atoms with Crippen LogP contribution in [0.2, 0.25) is 0 Å². The summed E-state index contributed by atoms with van der Waals surface area (Å²) in [6.45, 7) is 10.2. The maximum Gasteiger partial charge on any atom is 0.421 e. The van der Waals surface area contributed by atoms with Crippen LogP contribution in [-0.2, 0) is 9.47 Å². The van der Waals surface area contributed by atoms with Crippen LogP contribution in [0.1, 0.15) is 60.8 Å². The number of rotatable bonds is 1. The van der Waals surface area contributed by atoms with Crippen molar-refractivity contribution in [2.45, 2.75) is 77.5 Å². The molecule has 0 saturated heterocycles. The Morgan fingerprint density at radius 2 is 1.38 bits per heavy atom. The van der Waals surface area contributed by atoms with Crippen LogP contribution < -0.4 is 0 Å². The summed E-state index contributed by atoms with van der Waals surface area (Å²) in [7, 11) is 0. The van der Waals surface area contributed by atoms with Crippen LogP contribution in [0.25, 0.3) is 0 Å². The number of ether oxygens (including phenoxy) is 2. The highest BCUT2D eigenvalue weighted by atomic mass is 16.6. The van der Waals surface area contributed by atoms with Crippen molar-refractivity contribution in [2.24, 2.45) is 0 Å². The monoisotopic (exact) mass is 296 g/mol. The van der Waals surface area contributed by atoms with Crippen molar-refractivity contribution >= 4 is 12.2 Å². The molecule has 0 aromatic carbocycles. The zero-order valence-corrected chi connectivity index (χ0v) is 13.6. The molecule has 0 aliphatic heterocycles. The third kappa shape index (κ3) is 4.35. The fraction of sp³-hybridized carbons (Fsp3) is 0.800. The number of nitriles is 1. The lowest BCUT2D eigenvalue weighted by molar-refractivity contribution is -0.0280. The second-order valence-corrected chi connectivity index (χ2v) is 7.29. The molecular weight excluding hydrogens is 272 g/mol. The van der Waals surface area contributed by atoms with Crippen molar-refractivity contribution in [1.29, 1.82) is 5.26 Å². The molecule has 1 saturated carbocycles. The first-order valence-corrected chi connectivity index (χ1v) is 7.08. The molecule has 0 bridgehead atoms. The van der Waals surface area contributed by atoms with Gasteiger partial charge in [0.05, 0.1) is 6.07 Å². The number of carbonyl (C=O) groups is 2. The van der Waals surface area contributed by atoms with Gasteiger partial charge in [-0.25, -0.2) is 9.59 Å². The molecule has 21 heavy (non-hydrogen) atoms. The lowest BCUT2D eigenvalue weighted by Gasteiger charge is -2.43. The normalized spacial score (nSPS) is 17.2. The fourth-order valence-electron chi connectivity index (χ4n) is 1.94. The third-order valence-electron chi connectivity index (χ3n) is 2.97. The van der Waals surface area contributed by atoms with Crippen molar-refractivity contribution in [3.05, 3.63) is 0 Å². The molecule has 0 N–H and O–H groups in total. The van der Waals surface area contributed by atoms with Gasteiger partial charge in [-0.15, -0.1) is 0 Å². The van der Waals surface area contributed by atoms with E-state index in [0.717, 1.165) is 11.3 Å². The molecule has 118 valence electrons. The minimum Gasteiger partial charge on any atom is -0.443 e. The minimum atomic E-state index is -1.15. The van der Waals surface area contributed by atoms with Crippen molar-refractivity contribution in [2.75, 3.05) is 0 Å². The summed E-state index contributed by atoms with van der Waals surface area (Å²) in [6, 6.07) is 2.07. The van der Waals surface area contributed by atoms with Crippen LogP contribution in [0.4, 0.5) is 9.59 Å². The van der Waals surface area contributed by atoms with E-state index in [0.29, 0.717) is 12.8 Å². The van der Waals surface area contributed by atoms with Gasteiger partial charge in [-0.05, 0) is 60.8 Å². The van der Waals surface area contributed by atoms with Crippen molar-refractivity contribution in [3.8, 4) is 6.07 Å². The smallest absolute Gasteiger partial charge is 0.421 e. The Balaban J connectivity index is 3.04. The molecule has 6 heteroatoms. The van der Waals surface area contributed by atoms with Crippen LogP contribution in [0.3, 0.4) is 0 Å². The molecular formula is C15H24N2O4. The predicted molar refractivity (Wildman–Crippen MR) is 76.5 cm³/mol. The molecule has 1 fully saturated rings. The van der Waals surface area contributed by atoms with Gasteiger partial charge >= 0.3 is 12.2 Å². The molecule has 6 nitrogen and oxygen atoms in total. The highest BCUT2D eigenvalue weighted by Gasteiger charge is 2.51. The van der Waals surface area contributed by atoms with Gasteiger partial charge in [-0.2, -0.15) is 10.2 Å².